The smallest absolute Gasteiger partial charge is 0.219 e. The van der Waals surface area contributed by atoms with Gasteiger partial charge in [-0.05, 0) is 19.3 Å². The van der Waals surface area contributed by atoms with Crippen LogP contribution in [-0.4, -0.2) is 73.5 Å². The summed E-state index contributed by atoms with van der Waals surface area (Å²) in [6.07, 6.45) is 1.25. The molecule has 1 amide bonds. The fourth-order valence-corrected chi connectivity index (χ4v) is 2.61. The standard InChI is InChI=1S/C15H29N5O.HI/c1-4-16-15(18-14-11-12(14)2)17-5-6-19-7-9-20(10-8-19)13(3)21;/h12,14H,4-11H2,1-3H3,(H2,16,17,18);1H. The third kappa shape index (κ3) is 6.28. The van der Waals surface area contributed by atoms with Crippen molar-refractivity contribution in [3.05, 3.63) is 0 Å². The van der Waals surface area contributed by atoms with Crippen molar-refractivity contribution in [2.45, 2.75) is 33.2 Å². The minimum atomic E-state index is 0. The lowest BCUT2D eigenvalue weighted by molar-refractivity contribution is -0.130. The number of nitrogens with one attached hydrogen (secondary N) is 2. The number of piperazine rings is 1. The summed E-state index contributed by atoms with van der Waals surface area (Å²) in [7, 11) is 0. The van der Waals surface area contributed by atoms with Crippen LogP contribution in [0.15, 0.2) is 4.99 Å². The highest BCUT2D eigenvalue weighted by Crippen LogP contribution is 2.28. The van der Waals surface area contributed by atoms with Crippen molar-refractivity contribution in [2.75, 3.05) is 45.8 Å². The first-order valence-corrected chi connectivity index (χ1v) is 8.13. The van der Waals surface area contributed by atoms with Gasteiger partial charge in [0.15, 0.2) is 5.96 Å². The molecule has 22 heavy (non-hydrogen) atoms. The van der Waals surface area contributed by atoms with Crippen LogP contribution in [0.25, 0.3) is 0 Å². The summed E-state index contributed by atoms with van der Waals surface area (Å²) in [6.45, 7) is 12.3. The van der Waals surface area contributed by atoms with Gasteiger partial charge >= 0.3 is 0 Å². The molecule has 128 valence electrons. The van der Waals surface area contributed by atoms with Gasteiger partial charge in [-0.2, -0.15) is 0 Å². The first-order chi connectivity index (χ1) is 10.1. The fraction of sp³-hybridized carbons (Fsp3) is 0.867. The maximum absolute atomic E-state index is 11.3. The zero-order chi connectivity index (χ0) is 15.2. The van der Waals surface area contributed by atoms with Crippen LogP contribution < -0.4 is 10.6 Å². The summed E-state index contributed by atoms with van der Waals surface area (Å²) in [5, 5.41) is 6.77. The number of rotatable bonds is 5. The molecule has 1 saturated carbocycles. The van der Waals surface area contributed by atoms with Crippen LogP contribution in [0.2, 0.25) is 0 Å². The van der Waals surface area contributed by atoms with Gasteiger partial charge in [-0.15, -0.1) is 24.0 Å². The van der Waals surface area contributed by atoms with Gasteiger partial charge in [0.05, 0.1) is 6.54 Å². The molecule has 1 aliphatic heterocycles. The number of amides is 1. The second-order valence-corrected chi connectivity index (χ2v) is 6.07. The predicted molar refractivity (Wildman–Crippen MR) is 101 cm³/mol. The Labute approximate surface area is 151 Å². The molecule has 2 atom stereocenters. The molecule has 6 nitrogen and oxygen atoms in total. The lowest BCUT2D eigenvalue weighted by atomic mass is 10.3. The Morgan fingerprint density at radius 3 is 2.41 bits per heavy atom. The average molecular weight is 423 g/mol. The zero-order valence-corrected chi connectivity index (χ0v) is 16.3. The molecule has 1 heterocycles. The molecule has 0 aromatic carbocycles. The topological polar surface area (TPSA) is 60.0 Å². The van der Waals surface area contributed by atoms with E-state index >= 15 is 0 Å². The number of carbonyl (C=O) groups is 1. The second kappa shape index (κ2) is 9.54. The lowest BCUT2D eigenvalue weighted by Crippen LogP contribution is -2.48. The van der Waals surface area contributed by atoms with Gasteiger partial charge in [0.2, 0.25) is 5.91 Å². The van der Waals surface area contributed by atoms with Crippen LogP contribution in [0.1, 0.15) is 27.2 Å². The third-order valence-electron chi connectivity index (χ3n) is 4.28. The molecule has 2 aliphatic rings. The zero-order valence-electron chi connectivity index (χ0n) is 14.0. The summed E-state index contributed by atoms with van der Waals surface area (Å²) in [6, 6.07) is 0.599. The monoisotopic (exact) mass is 423 g/mol. The van der Waals surface area contributed by atoms with Gasteiger partial charge in [-0.1, -0.05) is 6.92 Å². The second-order valence-electron chi connectivity index (χ2n) is 6.07. The average Bonchev–Trinajstić information content (AvgIpc) is 3.15. The van der Waals surface area contributed by atoms with E-state index < -0.39 is 0 Å². The number of aliphatic imine (C=N–C) groups is 1. The van der Waals surface area contributed by atoms with E-state index in [9.17, 15) is 4.79 Å². The predicted octanol–water partition coefficient (Wildman–Crippen LogP) is 0.732. The highest BCUT2D eigenvalue weighted by molar-refractivity contribution is 14.0. The molecule has 2 unspecified atom stereocenters. The van der Waals surface area contributed by atoms with E-state index in [-0.39, 0.29) is 29.9 Å². The van der Waals surface area contributed by atoms with Crippen LogP contribution in [0, 0.1) is 5.92 Å². The Kier molecular flexibility index (Phi) is 8.45. The Morgan fingerprint density at radius 2 is 1.91 bits per heavy atom. The minimum absolute atomic E-state index is 0. The van der Waals surface area contributed by atoms with E-state index in [1.165, 1.54) is 6.42 Å². The Morgan fingerprint density at radius 1 is 1.27 bits per heavy atom. The molecule has 7 heteroatoms. The van der Waals surface area contributed by atoms with Crippen molar-refractivity contribution in [1.29, 1.82) is 0 Å². The lowest BCUT2D eigenvalue weighted by Gasteiger charge is -2.33. The van der Waals surface area contributed by atoms with Crippen molar-refractivity contribution in [3.8, 4) is 0 Å². The molecule has 0 aromatic rings. The first kappa shape index (κ1) is 19.5. The van der Waals surface area contributed by atoms with Crippen LogP contribution in [-0.2, 0) is 4.79 Å². The molecular formula is C15H30IN5O. The van der Waals surface area contributed by atoms with E-state index in [2.05, 4.69) is 34.4 Å². The molecule has 0 bridgehead atoms. The number of nitrogens with zero attached hydrogens (tertiary/aromatic N) is 3. The molecule has 0 aromatic heterocycles. The number of halogens is 1. The molecule has 0 radical (unpaired) electrons. The number of carbonyl (C=O) groups excluding carboxylic acids is 1. The highest BCUT2D eigenvalue weighted by Gasteiger charge is 2.33. The number of hydrogen-bond acceptors (Lipinski definition) is 3. The van der Waals surface area contributed by atoms with E-state index in [1.807, 2.05) is 4.90 Å². The summed E-state index contributed by atoms with van der Waals surface area (Å²) in [5.74, 6) is 1.90. The van der Waals surface area contributed by atoms with Gasteiger partial charge in [0, 0.05) is 52.2 Å². The van der Waals surface area contributed by atoms with Crippen molar-refractivity contribution in [3.63, 3.8) is 0 Å². The summed E-state index contributed by atoms with van der Waals surface area (Å²) in [5.41, 5.74) is 0. The third-order valence-corrected chi connectivity index (χ3v) is 4.28. The van der Waals surface area contributed by atoms with Crippen LogP contribution in [0.5, 0.6) is 0 Å². The molecule has 1 saturated heterocycles. The SMILES string of the molecule is CCNC(=NCCN1CCN(C(C)=O)CC1)NC1CC1C.I. The van der Waals surface area contributed by atoms with Crippen LogP contribution >= 0.6 is 24.0 Å². The summed E-state index contributed by atoms with van der Waals surface area (Å²) >= 11 is 0. The van der Waals surface area contributed by atoms with Crippen molar-refractivity contribution >= 4 is 35.8 Å². The van der Waals surface area contributed by atoms with Gasteiger partial charge in [0.1, 0.15) is 0 Å². The number of guanidine groups is 1. The van der Waals surface area contributed by atoms with Gasteiger partial charge < -0.3 is 15.5 Å². The molecule has 2 fully saturated rings. The Balaban J connectivity index is 0.00000242. The summed E-state index contributed by atoms with van der Waals surface area (Å²) in [4.78, 5) is 20.2. The molecule has 0 spiro atoms. The molecule has 2 rings (SSSR count). The van der Waals surface area contributed by atoms with Crippen LogP contribution in [0.3, 0.4) is 0 Å². The maximum Gasteiger partial charge on any atom is 0.219 e. The van der Waals surface area contributed by atoms with Gasteiger partial charge in [-0.25, -0.2) is 0 Å². The highest BCUT2D eigenvalue weighted by atomic mass is 127. The molecule has 1 aliphatic carbocycles. The number of hydrogen-bond donors (Lipinski definition) is 2. The van der Waals surface area contributed by atoms with Crippen molar-refractivity contribution in [1.82, 2.24) is 20.4 Å². The molecular weight excluding hydrogens is 393 g/mol. The van der Waals surface area contributed by atoms with E-state index in [0.29, 0.717) is 6.04 Å². The quantitative estimate of drug-likeness (QED) is 0.389. The molecule has 2 N–H and O–H groups in total. The van der Waals surface area contributed by atoms with E-state index in [1.54, 1.807) is 6.92 Å². The van der Waals surface area contributed by atoms with Gasteiger partial charge in [0.25, 0.3) is 0 Å². The normalized spacial score (nSPS) is 25.4. The Hall–Kier alpha value is -0.570. The fourth-order valence-electron chi connectivity index (χ4n) is 2.61. The Bertz CT molecular complexity index is 382. The van der Waals surface area contributed by atoms with Crippen molar-refractivity contribution < 1.29 is 4.79 Å². The van der Waals surface area contributed by atoms with Gasteiger partial charge in [-0.3, -0.25) is 14.7 Å². The largest absolute Gasteiger partial charge is 0.357 e. The van der Waals surface area contributed by atoms with Crippen LogP contribution in [0.4, 0.5) is 0 Å². The van der Waals surface area contributed by atoms with E-state index in [4.69, 9.17) is 0 Å². The first-order valence-electron chi connectivity index (χ1n) is 8.13. The van der Waals surface area contributed by atoms with Crippen molar-refractivity contribution in [2.24, 2.45) is 10.9 Å². The maximum atomic E-state index is 11.3. The van der Waals surface area contributed by atoms with E-state index in [0.717, 1.165) is 57.7 Å². The minimum Gasteiger partial charge on any atom is -0.357 e. The summed E-state index contributed by atoms with van der Waals surface area (Å²) < 4.78 is 0.